The quantitative estimate of drug-likeness (QED) is 0.899. The van der Waals surface area contributed by atoms with E-state index in [1.807, 2.05) is 12.1 Å². The fourth-order valence-electron chi connectivity index (χ4n) is 3.62. The number of ether oxygens (including phenoxy) is 2. The van der Waals surface area contributed by atoms with E-state index in [1.165, 1.54) is 6.26 Å². The Bertz CT molecular complexity index is 673. The third kappa shape index (κ3) is 2.94. The van der Waals surface area contributed by atoms with Crippen LogP contribution in [-0.4, -0.2) is 40.5 Å². The van der Waals surface area contributed by atoms with Gasteiger partial charge in [-0.1, -0.05) is 13.0 Å². The Kier molecular flexibility index (Phi) is 3.85. The Hall–Kier alpha value is -1.27. The average molecular weight is 325 g/mol. The molecular weight excluding hydrogens is 302 g/mol. The maximum Gasteiger partial charge on any atom is 0.151 e. The Morgan fingerprint density at radius 1 is 1.45 bits per heavy atom. The minimum atomic E-state index is -3.05. The molecule has 3 atom stereocenters. The van der Waals surface area contributed by atoms with Gasteiger partial charge in [0.1, 0.15) is 5.75 Å². The summed E-state index contributed by atoms with van der Waals surface area (Å²) < 4.78 is 34.2. The van der Waals surface area contributed by atoms with Crippen molar-refractivity contribution < 1.29 is 17.9 Å². The van der Waals surface area contributed by atoms with Gasteiger partial charge in [-0.3, -0.25) is 0 Å². The topological polar surface area (TPSA) is 64.6 Å². The number of fused-ring (bicyclic) bond motifs is 1. The third-order valence-corrected chi connectivity index (χ3v) is 5.60. The molecule has 1 aliphatic carbocycles. The minimum Gasteiger partial charge on any atom is -0.495 e. The van der Waals surface area contributed by atoms with Crippen LogP contribution >= 0.6 is 0 Å². The van der Waals surface area contributed by atoms with E-state index in [9.17, 15) is 8.42 Å². The summed E-state index contributed by atoms with van der Waals surface area (Å²) in [4.78, 5) is 0. The number of benzene rings is 1. The van der Waals surface area contributed by atoms with Gasteiger partial charge in [-0.05, 0) is 36.0 Å². The largest absolute Gasteiger partial charge is 0.495 e. The third-order valence-electron chi connectivity index (χ3n) is 4.74. The summed E-state index contributed by atoms with van der Waals surface area (Å²) >= 11 is 0. The second-order valence-electron chi connectivity index (χ2n) is 6.76. The van der Waals surface area contributed by atoms with Crippen LogP contribution in [0.1, 0.15) is 25.3 Å². The number of methoxy groups -OCH3 is 1. The van der Waals surface area contributed by atoms with Crippen molar-refractivity contribution >= 4 is 15.5 Å². The number of anilines is 1. The maximum atomic E-state index is 11.5. The summed E-state index contributed by atoms with van der Waals surface area (Å²) in [6.45, 7) is 3.09. The highest BCUT2D eigenvalue weighted by Gasteiger charge is 2.54. The fourth-order valence-corrected chi connectivity index (χ4v) is 4.40. The first-order valence-electron chi connectivity index (χ1n) is 7.53. The molecule has 1 aliphatic heterocycles. The summed E-state index contributed by atoms with van der Waals surface area (Å²) in [5.74, 6) is 0.761. The van der Waals surface area contributed by atoms with Crippen LogP contribution in [0.25, 0.3) is 0 Å². The standard InChI is InChI=1S/C16H23NO4S/c1-16-6-7-21-15(16)13(9-16)17-12-8-11(10-22(3,18)19)4-5-14(12)20-2/h4-5,8,13,15,17H,6-7,9-10H2,1-3H3/t13?,15-,16+/m0/s1. The zero-order chi connectivity index (χ0) is 16.0. The molecule has 6 heteroatoms. The van der Waals surface area contributed by atoms with Gasteiger partial charge >= 0.3 is 0 Å². The van der Waals surface area contributed by atoms with Crippen LogP contribution in [-0.2, 0) is 20.3 Å². The number of rotatable bonds is 5. The van der Waals surface area contributed by atoms with Gasteiger partial charge in [0.05, 0.1) is 30.7 Å². The second-order valence-corrected chi connectivity index (χ2v) is 8.90. The highest BCUT2D eigenvalue weighted by atomic mass is 32.2. The lowest BCUT2D eigenvalue weighted by Crippen LogP contribution is -2.55. The van der Waals surface area contributed by atoms with Crippen molar-refractivity contribution in [2.24, 2.45) is 5.41 Å². The Morgan fingerprint density at radius 3 is 2.86 bits per heavy atom. The molecule has 122 valence electrons. The molecule has 3 rings (SSSR count). The molecule has 5 nitrogen and oxygen atoms in total. The molecule has 0 bridgehead atoms. The smallest absolute Gasteiger partial charge is 0.151 e. The molecule has 1 saturated heterocycles. The molecule has 1 aromatic rings. The van der Waals surface area contributed by atoms with E-state index < -0.39 is 9.84 Å². The molecule has 1 unspecified atom stereocenters. The van der Waals surface area contributed by atoms with Gasteiger partial charge in [0, 0.05) is 12.9 Å². The van der Waals surface area contributed by atoms with Crippen molar-refractivity contribution in [2.45, 2.75) is 37.7 Å². The molecule has 0 aromatic heterocycles. The van der Waals surface area contributed by atoms with Crippen LogP contribution < -0.4 is 10.1 Å². The molecule has 2 fully saturated rings. The van der Waals surface area contributed by atoms with Crippen molar-refractivity contribution in [2.75, 3.05) is 25.3 Å². The van der Waals surface area contributed by atoms with Crippen molar-refractivity contribution in [3.63, 3.8) is 0 Å². The molecule has 1 heterocycles. The lowest BCUT2D eigenvalue weighted by molar-refractivity contribution is -0.0321. The van der Waals surface area contributed by atoms with Gasteiger partial charge in [0.15, 0.2) is 9.84 Å². The second kappa shape index (κ2) is 5.42. The zero-order valence-corrected chi connectivity index (χ0v) is 14.1. The molecule has 0 amide bonds. The summed E-state index contributed by atoms with van der Waals surface area (Å²) in [6, 6.07) is 5.73. The average Bonchev–Trinajstić information content (AvgIpc) is 2.70. The van der Waals surface area contributed by atoms with E-state index in [0.717, 1.165) is 36.4 Å². The van der Waals surface area contributed by atoms with Crippen LogP contribution in [0.5, 0.6) is 5.75 Å². The number of hydrogen-bond acceptors (Lipinski definition) is 5. The minimum absolute atomic E-state index is 0.0357. The van der Waals surface area contributed by atoms with E-state index in [0.29, 0.717) is 0 Å². The normalized spacial score (nSPS) is 30.5. The molecule has 1 aromatic carbocycles. The first-order chi connectivity index (χ1) is 10.3. The molecular formula is C16H23NO4S. The monoisotopic (exact) mass is 325 g/mol. The number of hydrogen-bond donors (Lipinski definition) is 1. The van der Waals surface area contributed by atoms with Gasteiger partial charge in [-0.2, -0.15) is 0 Å². The Balaban J connectivity index is 1.78. The Morgan fingerprint density at radius 2 is 2.23 bits per heavy atom. The first-order valence-corrected chi connectivity index (χ1v) is 9.60. The van der Waals surface area contributed by atoms with Crippen LogP contribution in [0.4, 0.5) is 5.69 Å². The van der Waals surface area contributed by atoms with Crippen LogP contribution in [0.2, 0.25) is 0 Å². The van der Waals surface area contributed by atoms with Gasteiger partial charge in [-0.25, -0.2) is 8.42 Å². The first kappa shape index (κ1) is 15.6. The Labute approximate surface area is 131 Å². The summed E-state index contributed by atoms with van der Waals surface area (Å²) in [5.41, 5.74) is 1.89. The molecule has 0 radical (unpaired) electrons. The highest BCUT2D eigenvalue weighted by molar-refractivity contribution is 7.89. The van der Waals surface area contributed by atoms with Crippen LogP contribution in [0.3, 0.4) is 0 Å². The predicted molar refractivity (Wildman–Crippen MR) is 86.0 cm³/mol. The zero-order valence-electron chi connectivity index (χ0n) is 13.3. The molecule has 2 aliphatic rings. The molecule has 1 saturated carbocycles. The number of sulfone groups is 1. The SMILES string of the molecule is COc1ccc(CS(C)(=O)=O)cc1NC1C[C@@]2(C)CCO[C@@H]12. The summed E-state index contributed by atoms with van der Waals surface area (Å²) in [6.07, 6.45) is 3.66. The summed E-state index contributed by atoms with van der Waals surface area (Å²) in [5, 5.41) is 3.48. The highest BCUT2D eigenvalue weighted by Crippen LogP contribution is 2.51. The van der Waals surface area contributed by atoms with E-state index in [-0.39, 0.29) is 23.3 Å². The van der Waals surface area contributed by atoms with Gasteiger partial charge < -0.3 is 14.8 Å². The molecule has 0 spiro atoms. The maximum absolute atomic E-state index is 11.5. The molecule has 22 heavy (non-hydrogen) atoms. The van der Waals surface area contributed by atoms with Gasteiger partial charge in [0.25, 0.3) is 0 Å². The lowest BCUT2D eigenvalue weighted by Gasteiger charge is -2.48. The van der Waals surface area contributed by atoms with Gasteiger partial charge in [0.2, 0.25) is 0 Å². The van der Waals surface area contributed by atoms with E-state index in [2.05, 4.69) is 12.2 Å². The van der Waals surface area contributed by atoms with E-state index >= 15 is 0 Å². The predicted octanol–water partition coefficient (Wildman–Crippen LogP) is 2.22. The van der Waals surface area contributed by atoms with Crippen molar-refractivity contribution in [3.8, 4) is 5.75 Å². The van der Waals surface area contributed by atoms with Crippen molar-refractivity contribution in [1.29, 1.82) is 0 Å². The van der Waals surface area contributed by atoms with Crippen molar-refractivity contribution in [1.82, 2.24) is 0 Å². The van der Waals surface area contributed by atoms with E-state index in [1.54, 1.807) is 13.2 Å². The number of nitrogens with one attached hydrogen (secondary N) is 1. The van der Waals surface area contributed by atoms with E-state index in [4.69, 9.17) is 9.47 Å². The van der Waals surface area contributed by atoms with Gasteiger partial charge in [-0.15, -0.1) is 0 Å². The van der Waals surface area contributed by atoms with Crippen molar-refractivity contribution in [3.05, 3.63) is 23.8 Å². The fraction of sp³-hybridized carbons (Fsp3) is 0.625. The summed E-state index contributed by atoms with van der Waals surface area (Å²) in [7, 11) is -1.43. The van der Waals surface area contributed by atoms with Crippen LogP contribution in [0.15, 0.2) is 18.2 Å². The lowest BCUT2D eigenvalue weighted by atomic mass is 9.64. The van der Waals surface area contributed by atoms with Crippen LogP contribution in [0, 0.1) is 5.41 Å². The molecule has 1 N–H and O–H groups in total.